The second-order valence-electron chi connectivity index (χ2n) is 3.07. The van der Waals surface area contributed by atoms with Gasteiger partial charge in [-0.15, -0.1) is 0 Å². The van der Waals surface area contributed by atoms with E-state index in [9.17, 15) is 0 Å². The summed E-state index contributed by atoms with van der Waals surface area (Å²) in [5.41, 5.74) is 2.53. The molecular weight excluding hydrogens is 193 g/mol. The number of halogens is 2. The Morgan fingerprint density at radius 1 is 1.33 bits per heavy atom. The van der Waals surface area contributed by atoms with E-state index in [1.807, 2.05) is 12.1 Å². The Hall–Kier alpha value is -0.240. The maximum Gasteiger partial charge on any atom is 0.0595 e. The normalized spacial score (nSPS) is 21.1. The van der Waals surface area contributed by atoms with Gasteiger partial charge in [0.25, 0.3) is 0 Å². The van der Waals surface area contributed by atoms with Crippen LogP contribution in [0, 0.1) is 0 Å². The van der Waals surface area contributed by atoms with Crippen molar-refractivity contribution in [1.82, 2.24) is 5.32 Å². The Kier molecular flexibility index (Phi) is 2.03. The third-order valence-electron chi connectivity index (χ3n) is 2.25. The summed E-state index contributed by atoms with van der Waals surface area (Å²) < 4.78 is 0. The first kappa shape index (κ1) is 8.36. The van der Waals surface area contributed by atoms with Crippen molar-refractivity contribution < 1.29 is 0 Å². The van der Waals surface area contributed by atoms with Crippen LogP contribution in [-0.4, -0.2) is 0 Å². The van der Waals surface area contributed by atoms with Crippen molar-refractivity contribution in [3.05, 3.63) is 33.3 Å². The van der Waals surface area contributed by atoms with Crippen LogP contribution in [0.4, 0.5) is 0 Å². The predicted octanol–water partition coefficient (Wildman–Crippen LogP) is 3.16. The van der Waals surface area contributed by atoms with Crippen LogP contribution in [0.5, 0.6) is 0 Å². The van der Waals surface area contributed by atoms with Gasteiger partial charge in [-0.3, -0.25) is 0 Å². The van der Waals surface area contributed by atoms with Crippen molar-refractivity contribution in [2.75, 3.05) is 0 Å². The monoisotopic (exact) mass is 201 g/mol. The zero-order valence-corrected chi connectivity index (χ0v) is 8.21. The molecule has 0 aromatic heterocycles. The standard InChI is InChI=1S/C9H9Cl2N/c1-5-7-3-9(11)8(10)2-6(7)4-12-5/h2-3,5,12H,4H2,1H3. The van der Waals surface area contributed by atoms with Gasteiger partial charge in [0.15, 0.2) is 0 Å². The molecule has 0 saturated carbocycles. The van der Waals surface area contributed by atoms with E-state index in [0.717, 1.165) is 6.54 Å². The molecule has 1 atom stereocenters. The third-order valence-corrected chi connectivity index (χ3v) is 2.97. The fourth-order valence-electron chi connectivity index (χ4n) is 1.53. The highest BCUT2D eigenvalue weighted by atomic mass is 35.5. The fourth-order valence-corrected chi connectivity index (χ4v) is 1.89. The van der Waals surface area contributed by atoms with Crippen LogP contribution in [0.2, 0.25) is 10.0 Å². The van der Waals surface area contributed by atoms with E-state index in [1.54, 1.807) is 0 Å². The van der Waals surface area contributed by atoms with Crippen molar-refractivity contribution in [1.29, 1.82) is 0 Å². The van der Waals surface area contributed by atoms with Crippen LogP contribution in [0.15, 0.2) is 12.1 Å². The number of nitrogens with one attached hydrogen (secondary N) is 1. The molecular formula is C9H9Cl2N. The van der Waals surface area contributed by atoms with Crippen LogP contribution in [-0.2, 0) is 6.54 Å². The minimum Gasteiger partial charge on any atom is -0.306 e. The second-order valence-corrected chi connectivity index (χ2v) is 3.88. The minimum atomic E-state index is 0.398. The molecule has 1 N–H and O–H groups in total. The Labute approximate surface area is 81.7 Å². The van der Waals surface area contributed by atoms with E-state index in [4.69, 9.17) is 23.2 Å². The summed E-state index contributed by atoms with van der Waals surface area (Å²) in [5.74, 6) is 0. The number of rotatable bonds is 0. The Morgan fingerprint density at radius 2 is 2.00 bits per heavy atom. The second kappa shape index (κ2) is 2.91. The van der Waals surface area contributed by atoms with Gasteiger partial charge < -0.3 is 5.32 Å². The fraction of sp³-hybridized carbons (Fsp3) is 0.333. The average molecular weight is 202 g/mol. The molecule has 1 aromatic carbocycles. The number of fused-ring (bicyclic) bond motifs is 1. The van der Waals surface area contributed by atoms with Gasteiger partial charge >= 0.3 is 0 Å². The molecule has 64 valence electrons. The van der Waals surface area contributed by atoms with Crippen LogP contribution in [0.3, 0.4) is 0 Å². The molecule has 1 heterocycles. The summed E-state index contributed by atoms with van der Waals surface area (Å²) in [6.45, 7) is 3.02. The Morgan fingerprint density at radius 3 is 2.75 bits per heavy atom. The van der Waals surface area contributed by atoms with Crippen molar-refractivity contribution >= 4 is 23.2 Å². The van der Waals surface area contributed by atoms with Crippen molar-refractivity contribution in [3.63, 3.8) is 0 Å². The number of benzene rings is 1. The molecule has 12 heavy (non-hydrogen) atoms. The molecule has 0 amide bonds. The lowest BCUT2D eigenvalue weighted by atomic mass is 10.1. The first-order chi connectivity index (χ1) is 5.68. The minimum absolute atomic E-state index is 0.398. The first-order valence-corrected chi connectivity index (χ1v) is 4.65. The summed E-state index contributed by atoms with van der Waals surface area (Å²) in [6.07, 6.45) is 0. The maximum atomic E-state index is 5.90. The third kappa shape index (κ3) is 1.22. The SMILES string of the molecule is CC1NCc2cc(Cl)c(Cl)cc21. The van der Waals surface area contributed by atoms with E-state index in [0.29, 0.717) is 16.1 Å². The number of hydrogen-bond acceptors (Lipinski definition) is 1. The largest absolute Gasteiger partial charge is 0.306 e. The number of hydrogen-bond donors (Lipinski definition) is 1. The molecule has 0 bridgehead atoms. The van der Waals surface area contributed by atoms with Gasteiger partial charge in [0.1, 0.15) is 0 Å². The summed E-state index contributed by atoms with van der Waals surface area (Å²) in [4.78, 5) is 0. The highest BCUT2D eigenvalue weighted by Gasteiger charge is 2.18. The molecule has 1 aliphatic heterocycles. The van der Waals surface area contributed by atoms with Crippen LogP contribution >= 0.6 is 23.2 Å². The van der Waals surface area contributed by atoms with Gasteiger partial charge in [-0.1, -0.05) is 23.2 Å². The molecule has 2 rings (SSSR count). The topological polar surface area (TPSA) is 12.0 Å². The van der Waals surface area contributed by atoms with Crippen molar-refractivity contribution in [3.8, 4) is 0 Å². The summed E-state index contributed by atoms with van der Waals surface area (Å²) >= 11 is 11.8. The van der Waals surface area contributed by atoms with E-state index in [-0.39, 0.29) is 0 Å². The molecule has 1 unspecified atom stereocenters. The molecule has 3 heteroatoms. The lowest BCUT2D eigenvalue weighted by Crippen LogP contribution is -2.06. The van der Waals surface area contributed by atoms with Gasteiger partial charge in [0.2, 0.25) is 0 Å². The maximum absolute atomic E-state index is 5.90. The Bertz CT molecular complexity index is 323. The van der Waals surface area contributed by atoms with Crippen molar-refractivity contribution in [2.24, 2.45) is 0 Å². The van der Waals surface area contributed by atoms with E-state index in [2.05, 4.69) is 12.2 Å². The highest BCUT2D eigenvalue weighted by molar-refractivity contribution is 6.42. The van der Waals surface area contributed by atoms with E-state index in [1.165, 1.54) is 11.1 Å². The van der Waals surface area contributed by atoms with E-state index >= 15 is 0 Å². The molecule has 1 nitrogen and oxygen atoms in total. The molecule has 1 aromatic rings. The van der Waals surface area contributed by atoms with Gasteiger partial charge in [-0.2, -0.15) is 0 Å². The molecule has 1 aliphatic rings. The Balaban J connectivity index is 2.56. The van der Waals surface area contributed by atoms with E-state index < -0.39 is 0 Å². The molecule has 0 saturated heterocycles. The van der Waals surface area contributed by atoms with Crippen LogP contribution in [0.25, 0.3) is 0 Å². The molecule has 0 radical (unpaired) electrons. The summed E-state index contributed by atoms with van der Waals surface area (Å²) in [7, 11) is 0. The van der Waals surface area contributed by atoms with Gasteiger partial charge in [0.05, 0.1) is 10.0 Å². The molecule has 0 spiro atoms. The average Bonchev–Trinajstić information content (AvgIpc) is 2.35. The first-order valence-electron chi connectivity index (χ1n) is 3.89. The van der Waals surface area contributed by atoms with Gasteiger partial charge in [-0.05, 0) is 30.2 Å². The smallest absolute Gasteiger partial charge is 0.0595 e. The van der Waals surface area contributed by atoms with Gasteiger partial charge in [-0.25, -0.2) is 0 Å². The molecule has 0 fully saturated rings. The zero-order chi connectivity index (χ0) is 8.72. The zero-order valence-electron chi connectivity index (χ0n) is 6.70. The molecule has 0 aliphatic carbocycles. The quantitative estimate of drug-likeness (QED) is 0.681. The predicted molar refractivity (Wildman–Crippen MR) is 51.7 cm³/mol. The lowest BCUT2D eigenvalue weighted by Gasteiger charge is -2.05. The van der Waals surface area contributed by atoms with Crippen LogP contribution in [0.1, 0.15) is 24.1 Å². The summed E-state index contributed by atoms with van der Waals surface area (Å²) in [6, 6.07) is 4.29. The highest BCUT2D eigenvalue weighted by Crippen LogP contribution is 2.32. The van der Waals surface area contributed by atoms with Crippen LogP contribution < -0.4 is 5.32 Å². The lowest BCUT2D eigenvalue weighted by molar-refractivity contribution is 0.633. The van der Waals surface area contributed by atoms with Crippen molar-refractivity contribution in [2.45, 2.75) is 19.5 Å². The summed E-state index contributed by atoms with van der Waals surface area (Å²) in [5, 5.41) is 4.61. The van der Waals surface area contributed by atoms with Gasteiger partial charge in [0, 0.05) is 12.6 Å².